The zero-order valence-corrected chi connectivity index (χ0v) is 20.6. The number of rotatable bonds is 6. The molecule has 3 fully saturated rings. The molecule has 1 saturated heterocycles. The summed E-state index contributed by atoms with van der Waals surface area (Å²) in [5.41, 5.74) is 3.19. The lowest BCUT2D eigenvalue weighted by Gasteiger charge is -2.46. The van der Waals surface area contributed by atoms with Gasteiger partial charge in [-0.15, -0.1) is 0 Å². The normalized spacial score (nSPS) is 30.7. The molecule has 6 nitrogen and oxygen atoms in total. The molecule has 3 aliphatic rings. The summed E-state index contributed by atoms with van der Waals surface area (Å²) >= 11 is 6.47. The van der Waals surface area contributed by atoms with Crippen LogP contribution in [0.3, 0.4) is 0 Å². The summed E-state index contributed by atoms with van der Waals surface area (Å²) < 4.78 is 12.0. The van der Waals surface area contributed by atoms with E-state index in [4.69, 9.17) is 21.1 Å². The molecule has 2 aliphatic carbocycles. The Morgan fingerprint density at radius 2 is 1.63 bits per heavy atom. The molecule has 0 radical (unpaired) electrons. The molecule has 5 atom stereocenters. The minimum atomic E-state index is -1.42. The summed E-state index contributed by atoms with van der Waals surface area (Å²) in [5, 5.41) is 40.7. The Morgan fingerprint density at radius 3 is 2.26 bits per heavy atom. The summed E-state index contributed by atoms with van der Waals surface area (Å²) in [5.74, 6) is 0.893. The molecular weight excluding hydrogens is 468 g/mol. The number of hydrogen-bond donors (Lipinski definition) is 4. The first-order valence-corrected chi connectivity index (χ1v) is 13.1. The highest BCUT2D eigenvalue weighted by atomic mass is 35.5. The highest BCUT2D eigenvalue weighted by Gasteiger charge is 2.44. The lowest BCUT2D eigenvalue weighted by Crippen LogP contribution is -2.55. The summed E-state index contributed by atoms with van der Waals surface area (Å²) in [4.78, 5) is 0. The quantitative estimate of drug-likeness (QED) is 0.477. The van der Waals surface area contributed by atoms with Crippen molar-refractivity contribution < 1.29 is 29.9 Å². The van der Waals surface area contributed by atoms with Gasteiger partial charge in [-0.1, -0.05) is 42.3 Å². The van der Waals surface area contributed by atoms with Crippen LogP contribution in [0, 0.1) is 5.41 Å². The summed E-state index contributed by atoms with van der Waals surface area (Å²) in [7, 11) is 0. The molecule has 35 heavy (non-hydrogen) atoms. The molecule has 7 heteroatoms. The molecule has 1 heterocycles. The number of ether oxygens (including phenoxy) is 2. The van der Waals surface area contributed by atoms with Gasteiger partial charge in [-0.2, -0.15) is 0 Å². The maximum atomic E-state index is 10.5. The molecule has 2 saturated carbocycles. The molecule has 190 valence electrons. The Morgan fingerprint density at radius 1 is 0.914 bits per heavy atom. The topological polar surface area (TPSA) is 99.4 Å². The first-order valence-electron chi connectivity index (χ1n) is 12.7. The van der Waals surface area contributed by atoms with Crippen molar-refractivity contribution in [1.29, 1.82) is 0 Å². The van der Waals surface area contributed by atoms with Gasteiger partial charge in [-0.25, -0.2) is 0 Å². The van der Waals surface area contributed by atoms with E-state index in [0.29, 0.717) is 28.5 Å². The molecule has 0 bridgehead atoms. The molecule has 5 rings (SSSR count). The fraction of sp³-hybridized carbons (Fsp3) is 0.571. The number of hydrogen-bond acceptors (Lipinski definition) is 6. The predicted molar refractivity (Wildman–Crippen MR) is 133 cm³/mol. The number of aliphatic hydroxyl groups is 4. The van der Waals surface area contributed by atoms with Crippen LogP contribution in [-0.4, -0.2) is 57.6 Å². The molecular formula is C28H35ClO6. The molecule has 1 unspecified atom stereocenters. The third-order valence-electron chi connectivity index (χ3n) is 8.32. The average Bonchev–Trinajstić information content (AvgIpc) is 2.85. The molecule has 1 aliphatic heterocycles. The molecule has 0 amide bonds. The van der Waals surface area contributed by atoms with Crippen LogP contribution in [0.2, 0.25) is 5.02 Å². The van der Waals surface area contributed by atoms with Crippen molar-refractivity contribution in [3.05, 3.63) is 64.2 Å². The van der Waals surface area contributed by atoms with Crippen LogP contribution in [0.5, 0.6) is 5.75 Å². The van der Waals surface area contributed by atoms with Gasteiger partial charge in [-0.3, -0.25) is 0 Å². The van der Waals surface area contributed by atoms with E-state index in [9.17, 15) is 20.4 Å². The summed E-state index contributed by atoms with van der Waals surface area (Å²) in [6.45, 7) is -0.460. The Hall–Kier alpha value is -1.67. The minimum absolute atomic E-state index is 0.303. The van der Waals surface area contributed by atoms with Crippen LogP contribution >= 0.6 is 11.6 Å². The van der Waals surface area contributed by atoms with Crippen molar-refractivity contribution in [3.63, 3.8) is 0 Å². The lowest BCUT2D eigenvalue weighted by molar-refractivity contribution is -0.231. The monoisotopic (exact) mass is 502 g/mol. The van der Waals surface area contributed by atoms with Crippen LogP contribution in [0.4, 0.5) is 0 Å². The van der Waals surface area contributed by atoms with Crippen LogP contribution in [0.1, 0.15) is 67.7 Å². The van der Waals surface area contributed by atoms with E-state index in [-0.39, 0.29) is 0 Å². The smallest absolute Gasteiger partial charge is 0.119 e. The number of aliphatic hydroxyl groups excluding tert-OH is 4. The Labute approximate surface area is 211 Å². The third kappa shape index (κ3) is 5.24. The summed E-state index contributed by atoms with van der Waals surface area (Å²) in [6, 6.07) is 13.4. The summed E-state index contributed by atoms with van der Waals surface area (Å²) in [6.07, 6.45) is 3.98. The number of benzene rings is 2. The van der Waals surface area contributed by atoms with Crippen LogP contribution < -0.4 is 4.74 Å². The molecule has 1 spiro atoms. The van der Waals surface area contributed by atoms with Crippen LogP contribution in [-0.2, 0) is 11.2 Å². The minimum Gasteiger partial charge on any atom is -0.490 e. The highest BCUT2D eigenvalue weighted by molar-refractivity contribution is 6.31. The SMILES string of the molecule is OC[C@H]1OC(c2ccc(Cl)c(Cc3ccc(OC4CCC5(CCC5)CC4)cc3)c2)[C@H](O)[C@@H](O)[C@@H]1O. The van der Waals surface area contributed by atoms with Crippen molar-refractivity contribution >= 4 is 11.6 Å². The zero-order chi connectivity index (χ0) is 24.6. The van der Waals surface area contributed by atoms with E-state index in [0.717, 1.165) is 29.7 Å². The van der Waals surface area contributed by atoms with Gasteiger partial charge in [0.25, 0.3) is 0 Å². The predicted octanol–water partition coefficient (Wildman–Crippen LogP) is 3.94. The second kappa shape index (κ2) is 10.4. The Balaban J connectivity index is 1.23. The first kappa shape index (κ1) is 25.0. The zero-order valence-electron chi connectivity index (χ0n) is 19.9. The van der Waals surface area contributed by atoms with Crippen LogP contribution in [0.25, 0.3) is 0 Å². The molecule has 4 N–H and O–H groups in total. The maximum Gasteiger partial charge on any atom is 0.119 e. The Bertz CT molecular complexity index is 995. The molecule has 2 aromatic carbocycles. The van der Waals surface area contributed by atoms with Gasteiger partial charge in [0, 0.05) is 5.02 Å². The van der Waals surface area contributed by atoms with Gasteiger partial charge < -0.3 is 29.9 Å². The van der Waals surface area contributed by atoms with E-state index < -0.39 is 37.1 Å². The third-order valence-corrected chi connectivity index (χ3v) is 8.69. The molecule has 2 aromatic rings. The van der Waals surface area contributed by atoms with Gasteiger partial charge in [0.2, 0.25) is 0 Å². The van der Waals surface area contributed by atoms with E-state index >= 15 is 0 Å². The van der Waals surface area contributed by atoms with Gasteiger partial charge >= 0.3 is 0 Å². The first-order chi connectivity index (χ1) is 16.9. The van der Waals surface area contributed by atoms with Gasteiger partial charge in [0.1, 0.15) is 36.3 Å². The van der Waals surface area contributed by atoms with Crippen LogP contribution in [0.15, 0.2) is 42.5 Å². The largest absolute Gasteiger partial charge is 0.490 e. The fourth-order valence-corrected chi connectivity index (χ4v) is 6.07. The maximum absolute atomic E-state index is 10.5. The Kier molecular flexibility index (Phi) is 7.40. The van der Waals surface area contributed by atoms with Crippen molar-refractivity contribution in [3.8, 4) is 5.75 Å². The lowest BCUT2D eigenvalue weighted by atomic mass is 9.60. The van der Waals surface area contributed by atoms with Gasteiger partial charge in [0.05, 0.1) is 12.7 Å². The second-order valence-electron chi connectivity index (χ2n) is 10.6. The van der Waals surface area contributed by atoms with E-state index in [1.165, 1.54) is 32.1 Å². The standard InChI is InChI=1S/C28H35ClO6/c29-22-7-4-18(27-26(33)25(32)24(31)23(16-30)35-27)15-19(22)14-17-2-5-20(6-3-17)34-21-8-12-28(13-9-21)10-1-11-28/h2-7,15,21,23-27,30-33H,1,8-14,16H2/t23-,24-,25+,26-,27?/m1/s1. The van der Waals surface area contributed by atoms with Crippen molar-refractivity contribution in [2.75, 3.05) is 6.61 Å². The van der Waals surface area contributed by atoms with E-state index in [2.05, 4.69) is 0 Å². The second-order valence-corrected chi connectivity index (χ2v) is 11.0. The van der Waals surface area contributed by atoms with E-state index in [1.54, 1.807) is 12.1 Å². The van der Waals surface area contributed by atoms with Crippen molar-refractivity contribution in [2.24, 2.45) is 5.41 Å². The van der Waals surface area contributed by atoms with Gasteiger partial charge in [-0.05, 0) is 85.3 Å². The fourth-order valence-electron chi connectivity index (χ4n) is 5.88. The highest BCUT2D eigenvalue weighted by Crippen LogP contribution is 2.51. The van der Waals surface area contributed by atoms with E-state index in [1.807, 2.05) is 30.3 Å². The number of halogens is 1. The van der Waals surface area contributed by atoms with Crippen molar-refractivity contribution in [2.45, 2.75) is 88.0 Å². The average molecular weight is 503 g/mol. The van der Waals surface area contributed by atoms with Gasteiger partial charge in [0.15, 0.2) is 0 Å². The van der Waals surface area contributed by atoms with Crippen molar-refractivity contribution in [1.82, 2.24) is 0 Å². The molecule has 0 aromatic heterocycles.